The Labute approximate surface area is 101 Å². The summed E-state index contributed by atoms with van der Waals surface area (Å²) in [4.78, 5) is 0. The molecule has 0 fully saturated rings. The van der Waals surface area contributed by atoms with E-state index in [1.165, 1.54) is 0 Å². The number of para-hydroxylation sites is 1. The van der Waals surface area contributed by atoms with Crippen LogP contribution in [0.1, 0.15) is 24.6 Å². The summed E-state index contributed by atoms with van der Waals surface area (Å²) in [6, 6.07) is 11.6. The minimum atomic E-state index is -0.587. The Morgan fingerprint density at radius 3 is 2.76 bits per heavy atom. The number of hydrogen-bond donors (Lipinski definition) is 1. The van der Waals surface area contributed by atoms with E-state index in [0.29, 0.717) is 18.5 Å². The van der Waals surface area contributed by atoms with Gasteiger partial charge < -0.3 is 5.11 Å². The van der Waals surface area contributed by atoms with Crippen LogP contribution in [0, 0.1) is 12.3 Å². The number of hydrogen-bond acceptors (Lipinski definition) is 2. The van der Waals surface area contributed by atoms with Crippen LogP contribution < -0.4 is 0 Å². The van der Waals surface area contributed by atoms with Crippen molar-refractivity contribution in [3.05, 3.63) is 48.3 Å². The summed E-state index contributed by atoms with van der Waals surface area (Å²) in [6.07, 6.45) is 7.51. The summed E-state index contributed by atoms with van der Waals surface area (Å²) in [7, 11) is 0. The largest absolute Gasteiger partial charge is 0.387 e. The molecule has 0 aliphatic heterocycles. The van der Waals surface area contributed by atoms with Crippen molar-refractivity contribution in [1.29, 1.82) is 0 Å². The number of rotatable bonds is 4. The van der Waals surface area contributed by atoms with Crippen LogP contribution in [-0.4, -0.2) is 14.9 Å². The Kier molecular flexibility index (Phi) is 3.59. The minimum Gasteiger partial charge on any atom is -0.387 e. The average molecular weight is 226 g/mol. The van der Waals surface area contributed by atoms with Crippen LogP contribution in [0.2, 0.25) is 0 Å². The Morgan fingerprint density at radius 2 is 2.06 bits per heavy atom. The van der Waals surface area contributed by atoms with E-state index >= 15 is 0 Å². The molecule has 17 heavy (non-hydrogen) atoms. The van der Waals surface area contributed by atoms with E-state index in [9.17, 15) is 5.11 Å². The molecular formula is C14H14N2O. The molecule has 1 atom stereocenters. The van der Waals surface area contributed by atoms with Gasteiger partial charge in [-0.25, -0.2) is 4.68 Å². The van der Waals surface area contributed by atoms with E-state index in [0.717, 1.165) is 5.69 Å². The van der Waals surface area contributed by atoms with Gasteiger partial charge in [-0.15, -0.1) is 12.3 Å². The molecule has 2 rings (SSSR count). The summed E-state index contributed by atoms with van der Waals surface area (Å²) in [5, 5.41) is 14.2. The molecule has 1 unspecified atom stereocenters. The zero-order chi connectivity index (χ0) is 12.1. The molecule has 0 bridgehead atoms. The van der Waals surface area contributed by atoms with Gasteiger partial charge in [-0.2, -0.15) is 5.10 Å². The van der Waals surface area contributed by atoms with Gasteiger partial charge in [-0.1, -0.05) is 18.2 Å². The highest BCUT2D eigenvalue weighted by molar-refractivity contribution is 5.30. The molecule has 0 spiro atoms. The van der Waals surface area contributed by atoms with Crippen LogP contribution in [0.25, 0.3) is 5.69 Å². The number of aromatic nitrogens is 2. The molecule has 0 amide bonds. The maximum Gasteiger partial charge on any atom is 0.0987 e. The Bertz CT molecular complexity index is 511. The lowest BCUT2D eigenvalue weighted by Gasteiger charge is -2.05. The molecule has 0 saturated carbocycles. The van der Waals surface area contributed by atoms with E-state index in [-0.39, 0.29) is 0 Å². The quantitative estimate of drug-likeness (QED) is 0.812. The molecule has 1 N–H and O–H groups in total. The first-order valence-corrected chi connectivity index (χ1v) is 5.54. The topological polar surface area (TPSA) is 38.0 Å². The zero-order valence-corrected chi connectivity index (χ0v) is 9.45. The zero-order valence-electron chi connectivity index (χ0n) is 9.45. The van der Waals surface area contributed by atoms with Crippen LogP contribution in [0.15, 0.2) is 42.6 Å². The first-order valence-electron chi connectivity index (χ1n) is 5.54. The molecule has 2 aromatic rings. The van der Waals surface area contributed by atoms with E-state index < -0.39 is 6.10 Å². The van der Waals surface area contributed by atoms with Gasteiger partial charge in [0.1, 0.15) is 0 Å². The monoisotopic (exact) mass is 226 g/mol. The first-order chi connectivity index (χ1) is 8.31. The molecule has 3 heteroatoms. The summed E-state index contributed by atoms with van der Waals surface area (Å²) in [6.45, 7) is 0. The second kappa shape index (κ2) is 5.33. The minimum absolute atomic E-state index is 0.544. The molecule has 0 radical (unpaired) electrons. The van der Waals surface area contributed by atoms with Crippen molar-refractivity contribution in [1.82, 2.24) is 9.78 Å². The summed E-state index contributed by atoms with van der Waals surface area (Å²) in [5.41, 5.74) is 1.63. The highest BCUT2D eigenvalue weighted by Gasteiger charge is 2.10. The number of aliphatic hydroxyl groups excluding tert-OH is 1. The van der Waals surface area contributed by atoms with Gasteiger partial charge in [-0.3, -0.25) is 0 Å². The van der Waals surface area contributed by atoms with Crippen molar-refractivity contribution in [3.8, 4) is 18.0 Å². The third-order valence-corrected chi connectivity index (χ3v) is 2.53. The standard InChI is InChI=1S/C14H14N2O/c1-2-3-9-14(17)13-10-11-16(15-13)12-7-5-4-6-8-12/h1,4-8,10-11,14,17H,3,9H2. The van der Waals surface area contributed by atoms with Crippen LogP contribution >= 0.6 is 0 Å². The number of nitrogens with zero attached hydrogens (tertiary/aromatic N) is 2. The van der Waals surface area contributed by atoms with Gasteiger partial charge in [0.15, 0.2) is 0 Å². The first kappa shape index (κ1) is 11.4. The fraction of sp³-hybridized carbons (Fsp3) is 0.214. The highest BCUT2D eigenvalue weighted by atomic mass is 16.3. The van der Waals surface area contributed by atoms with Gasteiger partial charge in [-0.05, 0) is 24.6 Å². The van der Waals surface area contributed by atoms with E-state index in [1.807, 2.05) is 42.6 Å². The molecule has 0 aliphatic rings. The molecule has 1 aromatic heterocycles. The summed E-state index contributed by atoms with van der Waals surface area (Å²) < 4.78 is 1.74. The van der Waals surface area contributed by atoms with Crippen molar-refractivity contribution in [2.24, 2.45) is 0 Å². The summed E-state index contributed by atoms with van der Waals surface area (Å²) in [5.74, 6) is 2.51. The molecule has 3 nitrogen and oxygen atoms in total. The second-order valence-electron chi connectivity index (χ2n) is 3.78. The molecule has 0 aliphatic carbocycles. The second-order valence-corrected chi connectivity index (χ2v) is 3.78. The Hall–Kier alpha value is -2.05. The van der Waals surface area contributed by atoms with Gasteiger partial charge in [0.2, 0.25) is 0 Å². The third-order valence-electron chi connectivity index (χ3n) is 2.53. The SMILES string of the molecule is C#CCCC(O)c1ccn(-c2ccccc2)n1. The van der Waals surface area contributed by atoms with E-state index in [4.69, 9.17) is 6.42 Å². The number of aliphatic hydroxyl groups is 1. The number of benzene rings is 1. The predicted molar refractivity (Wildman–Crippen MR) is 66.6 cm³/mol. The van der Waals surface area contributed by atoms with E-state index in [1.54, 1.807) is 4.68 Å². The van der Waals surface area contributed by atoms with Gasteiger partial charge in [0, 0.05) is 12.6 Å². The molecule has 1 heterocycles. The Balaban J connectivity index is 2.14. The molecule has 1 aromatic carbocycles. The molecular weight excluding hydrogens is 212 g/mol. The highest BCUT2D eigenvalue weighted by Crippen LogP contribution is 2.17. The lowest BCUT2D eigenvalue weighted by Crippen LogP contribution is -2.00. The molecule has 86 valence electrons. The average Bonchev–Trinajstić information content (AvgIpc) is 2.86. The lowest BCUT2D eigenvalue weighted by atomic mass is 10.1. The van der Waals surface area contributed by atoms with Crippen molar-refractivity contribution in [2.45, 2.75) is 18.9 Å². The fourth-order valence-corrected chi connectivity index (χ4v) is 1.61. The van der Waals surface area contributed by atoms with E-state index in [2.05, 4.69) is 11.0 Å². The van der Waals surface area contributed by atoms with Crippen molar-refractivity contribution in [2.75, 3.05) is 0 Å². The van der Waals surface area contributed by atoms with Crippen molar-refractivity contribution < 1.29 is 5.11 Å². The number of terminal acetylenes is 1. The Morgan fingerprint density at radius 1 is 1.29 bits per heavy atom. The van der Waals surface area contributed by atoms with Crippen LogP contribution in [0.3, 0.4) is 0 Å². The van der Waals surface area contributed by atoms with Crippen LogP contribution in [0.5, 0.6) is 0 Å². The lowest BCUT2D eigenvalue weighted by molar-refractivity contribution is 0.164. The maximum atomic E-state index is 9.84. The van der Waals surface area contributed by atoms with Crippen LogP contribution in [-0.2, 0) is 0 Å². The predicted octanol–water partition coefficient (Wildman–Crippen LogP) is 2.32. The maximum absolute atomic E-state index is 9.84. The fourth-order valence-electron chi connectivity index (χ4n) is 1.61. The smallest absolute Gasteiger partial charge is 0.0987 e. The van der Waals surface area contributed by atoms with Crippen LogP contribution in [0.4, 0.5) is 0 Å². The van der Waals surface area contributed by atoms with Gasteiger partial charge in [0.05, 0.1) is 17.5 Å². The normalized spacial score (nSPS) is 12.0. The van der Waals surface area contributed by atoms with Gasteiger partial charge in [0.25, 0.3) is 0 Å². The van der Waals surface area contributed by atoms with Crippen molar-refractivity contribution in [3.63, 3.8) is 0 Å². The summed E-state index contributed by atoms with van der Waals surface area (Å²) >= 11 is 0. The van der Waals surface area contributed by atoms with Gasteiger partial charge >= 0.3 is 0 Å². The van der Waals surface area contributed by atoms with Crippen molar-refractivity contribution >= 4 is 0 Å². The third kappa shape index (κ3) is 2.74. The molecule has 0 saturated heterocycles.